The van der Waals surface area contributed by atoms with E-state index in [2.05, 4.69) is 11.4 Å². The van der Waals surface area contributed by atoms with Crippen LogP contribution < -0.4 is 5.32 Å². The lowest BCUT2D eigenvalue weighted by Gasteiger charge is -2.43. The normalized spacial score (nSPS) is 17.5. The second-order valence-corrected chi connectivity index (χ2v) is 9.82. The summed E-state index contributed by atoms with van der Waals surface area (Å²) in [6, 6.07) is 23.6. The lowest BCUT2D eigenvalue weighted by molar-refractivity contribution is -0.133. The summed E-state index contributed by atoms with van der Waals surface area (Å²) in [5.74, 6) is -0.392. The first kappa shape index (κ1) is 22.1. The minimum atomic E-state index is -1.10. The highest BCUT2D eigenvalue weighted by atomic mass is 32.1. The zero-order chi connectivity index (χ0) is 23.7. The van der Waals surface area contributed by atoms with Gasteiger partial charge in [-0.3, -0.25) is 14.3 Å². The molecule has 0 aliphatic carbocycles. The van der Waals surface area contributed by atoms with Gasteiger partial charge in [-0.05, 0) is 42.5 Å². The molecule has 2 amide bonds. The van der Waals surface area contributed by atoms with Gasteiger partial charge in [0.15, 0.2) is 0 Å². The fraction of sp³-hybridized carbons (Fsp3) is 0.222. The second kappa shape index (κ2) is 8.91. The molecule has 172 valence electrons. The summed E-state index contributed by atoms with van der Waals surface area (Å²) in [6.45, 7) is 4.88. The number of rotatable bonds is 6. The van der Waals surface area contributed by atoms with E-state index < -0.39 is 5.54 Å². The van der Waals surface area contributed by atoms with Crippen LogP contribution in [0.5, 0.6) is 0 Å². The van der Waals surface area contributed by atoms with Crippen molar-refractivity contribution in [3.8, 4) is 10.6 Å². The zero-order valence-corrected chi connectivity index (χ0v) is 20.0. The van der Waals surface area contributed by atoms with Crippen molar-refractivity contribution in [2.45, 2.75) is 39.0 Å². The number of aromatic nitrogens is 2. The van der Waals surface area contributed by atoms with Crippen molar-refractivity contribution in [1.29, 1.82) is 0 Å². The Morgan fingerprint density at radius 2 is 1.85 bits per heavy atom. The molecule has 1 aliphatic heterocycles. The van der Waals surface area contributed by atoms with E-state index in [0.29, 0.717) is 18.8 Å². The molecule has 2 aromatic carbocycles. The minimum Gasteiger partial charge on any atom is -0.350 e. The average Bonchev–Trinajstić information content (AvgIpc) is 3.51. The Hall–Kier alpha value is -3.71. The van der Waals surface area contributed by atoms with Gasteiger partial charge in [-0.25, -0.2) is 0 Å². The molecule has 1 N–H and O–H groups in total. The van der Waals surface area contributed by atoms with Crippen LogP contribution in [0.3, 0.4) is 0 Å². The van der Waals surface area contributed by atoms with Crippen LogP contribution >= 0.6 is 11.3 Å². The van der Waals surface area contributed by atoms with E-state index in [1.54, 1.807) is 20.9 Å². The van der Waals surface area contributed by atoms with Crippen molar-refractivity contribution in [1.82, 2.24) is 20.0 Å². The van der Waals surface area contributed by atoms with Crippen molar-refractivity contribution in [2.24, 2.45) is 0 Å². The Bertz CT molecular complexity index is 1330. The average molecular weight is 471 g/mol. The van der Waals surface area contributed by atoms with Crippen molar-refractivity contribution >= 4 is 23.2 Å². The van der Waals surface area contributed by atoms with Crippen LogP contribution in [-0.2, 0) is 24.4 Å². The molecule has 34 heavy (non-hydrogen) atoms. The monoisotopic (exact) mass is 470 g/mol. The molecule has 3 heterocycles. The Morgan fingerprint density at radius 3 is 2.59 bits per heavy atom. The Balaban J connectivity index is 1.50. The van der Waals surface area contributed by atoms with Gasteiger partial charge >= 0.3 is 0 Å². The molecule has 6 nitrogen and oxygen atoms in total. The fourth-order valence-electron chi connectivity index (χ4n) is 4.40. The quantitative estimate of drug-likeness (QED) is 0.446. The highest BCUT2D eigenvalue weighted by Gasteiger charge is 2.48. The van der Waals surface area contributed by atoms with E-state index in [9.17, 15) is 9.59 Å². The molecular formula is C27H26N4O2S. The second-order valence-electron chi connectivity index (χ2n) is 8.87. The standard InChI is InChI=1S/C27H26N4O2S/c1-19-8-6-11-21(14-19)17-30-25(32)23-15-22(24-12-7-13-34-24)29-31(23)18-27(30,2)26(33)28-16-20-9-4-3-5-10-20/h3-15H,16-18H2,1-2H3,(H,28,33). The number of hydrogen-bond donors (Lipinski definition) is 1. The predicted octanol–water partition coefficient (Wildman–Crippen LogP) is 4.65. The predicted molar refractivity (Wildman–Crippen MR) is 133 cm³/mol. The number of thiophene rings is 1. The van der Waals surface area contributed by atoms with Gasteiger partial charge in [-0.2, -0.15) is 5.10 Å². The van der Waals surface area contributed by atoms with Gasteiger partial charge in [0.25, 0.3) is 5.91 Å². The number of benzene rings is 2. The van der Waals surface area contributed by atoms with E-state index >= 15 is 0 Å². The number of amides is 2. The lowest BCUT2D eigenvalue weighted by atomic mass is 9.93. The summed E-state index contributed by atoms with van der Waals surface area (Å²) in [7, 11) is 0. The third-order valence-corrected chi connectivity index (χ3v) is 7.17. The first-order valence-electron chi connectivity index (χ1n) is 11.3. The maximum Gasteiger partial charge on any atom is 0.273 e. The number of nitrogens with zero attached hydrogens (tertiary/aromatic N) is 3. The number of hydrogen-bond acceptors (Lipinski definition) is 4. The van der Waals surface area contributed by atoms with E-state index in [-0.39, 0.29) is 18.4 Å². The van der Waals surface area contributed by atoms with Crippen LogP contribution in [0.1, 0.15) is 34.1 Å². The highest BCUT2D eigenvalue weighted by Crippen LogP contribution is 2.32. The molecule has 1 aliphatic rings. The molecule has 0 spiro atoms. The molecule has 7 heteroatoms. The molecule has 1 atom stereocenters. The van der Waals surface area contributed by atoms with Crippen LogP contribution in [0.4, 0.5) is 0 Å². The minimum absolute atomic E-state index is 0.194. The summed E-state index contributed by atoms with van der Waals surface area (Å²) < 4.78 is 1.69. The van der Waals surface area contributed by atoms with Crippen LogP contribution in [0.2, 0.25) is 0 Å². The molecular weight excluding hydrogens is 444 g/mol. The van der Waals surface area contributed by atoms with Gasteiger partial charge in [-0.15, -0.1) is 11.3 Å². The zero-order valence-electron chi connectivity index (χ0n) is 19.2. The van der Waals surface area contributed by atoms with Crippen molar-refractivity contribution in [2.75, 3.05) is 0 Å². The number of fused-ring (bicyclic) bond motifs is 1. The van der Waals surface area contributed by atoms with Crippen molar-refractivity contribution in [3.63, 3.8) is 0 Å². The molecule has 1 unspecified atom stereocenters. The van der Waals surface area contributed by atoms with Gasteiger partial charge in [0.05, 0.1) is 11.4 Å². The molecule has 0 radical (unpaired) electrons. The molecule has 0 fully saturated rings. The number of carbonyl (C=O) groups is 2. The maximum atomic E-state index is 13.8. The van der Waals surface area contributed by atoms with E-state index in [1.807, 2.05) is 86.0 Å². The SMILES string of the molecule is Cc1cccc(CN2C(=O)c3cc(-c4cccs4)nn3CC2(C)C(=O)NCc2ccccc2)c1. The molecule has 0 saturated carbocycles. The third-order valence-electron chi connectivity index (χ3n) is 6.28. The topological polar surface area (TPSA) is 67.2 Å². The summed E-state index contributed by atoms with van der Waals surface area (Å²) in [5.41, 5.74) is 3.27. The molecule has 0 bridgehead atoms. The third kappa shape index (κ3) is 4.15. The van der Waals surface area contributed by atoms with Gasteiger partial charge in [0, 0.05) is 13.1 Å². The summed E-state index contributed by atoms with van der Waals surface area (Å²) >= 11 is 1.58. The number of nitrogens with one attached hydrogen (secondary N) is 1. The smallest absolute Gasteiger partial charge is 0.273 e. The summed E-state index contributed by atoms with van der Waals surface area (Å²) in [5, 5.41) is 9.73. The van der Waals surface area contributed by atoms with Crippen LogP contribution in [-0.4, -0.2) is 32.0 Å². The molecule has 2 aromatic heterocycles. The first-order valence-corrected chi connectivity index (χ1v) is 12.1. The van der Waals surface area contributed by atoms with Crippen LogP contribution in [0.25, 0.3) is 10.6 Å². The van der Waals surface area contributed by atoms with E-state index in [4.69, 9.17) is 5.10 Å². The van der Waals surface area contributed by atoms with Crippen LogP contribution in [0, 0.1) is 6.92 Å². The Morgan fingerprint density at radius 1 is 1.06 bits per heavy atom. The van der Waals surface area contributed by atoms with Gasteiger partial charge in [0.1, 0.15) is 16.9 Å². The van der Waals surface area contributed by atoms with Gasteiger partial charge < -0.3 is 10.2 Å². The molecule has 4 aromatic rings. The lowest BCUT2D eigenvalue weighted by Crippen LogP contribution is -2.63. The largest absolute Gasteiger partial charge is 0.350 e. The number of carbonyl (C=O) groups excluding carboxylic acids is 2. The molecule has 0 saturated heterocycles. The van der Waals surface area contributed by atoms with Gasteiger partial charge in [-0.1, -0.05) is 66.2 Å². The highest BCUT2D eigenvalue weighted by molar-refractivity contribution is 7.13. The van der Waals surface area contributed by atoms with Gasteiger partial charge in [0.2, 0.25) is 5.91 Å². The number of aryl methyl sites for hydroxylation is 1. The Labute approximate surface area is 202 Å². The van der Waals surface area contributed by atoms with Crippen molar-refractivity contribution < 1.29 is 9.59 Å². The summed E-state index contributed by atoms with van der Waals surface area (Å²) in [6.07, 6.45) is 0. The summed E-state index contributed by atoms with van der Waals surface area (Å²) in [4.78, 5) is 30.1. The maximum absolute atomic E-state index is 13.8. The molecule has 5 rings (SSSR count). The Kier molecular flexibility index (Phi) is 5.79. The van der Waals surface area contributed by atoms with Crippen LogP contribution in [0.15, 0.2) is 78.2 Å². The van der Waals surface area contributed by atoms with Crippen molar-refractivity contribution in [3.05, 3.63) is 101 Å². The fourth-order valence-corrected chi connectivity index (χ4v) is 5.08. The van der Waals surface area contributed by atoms with E-state index in [0.717, 1.165) is 27.3 Å². The van der Waals surface area contributed by atoms with E-state index in [1.165, 1.54) is 0 Å². The first-order chi connectivity index (χ1) is 16.4.